The van der Waals surface area contributed by atoms with Crippen LogP contribution in [0.3, 0.4) is 0 Å². The van der Waals surface area contributed by atoms with Crippen molar-refractivity contribution in [3.05, 3.63) is 93.9 Å². The average molecular weight is 532 g/mol. The molecule has 0 radical (unpaired) electrons. The Bertz CT molecular complexity index is 1340. The Labute approximate surface area is 228 Å². The highest BCUT2D eigenvalue weighted by Gasteiger charge is 2.52. The van der Waals surface area contributed by atoms with Crippen LogP contribution < -0.4 is 5.32 Å². The minimum atomic E-state index is -0.688. The first-order valence-corrected chi connectivity index (χ1v) is 13.1. The third kappa shape index (κ3) is 5.06. The van der Waals surface area contributed by atoms with Gasteiger partial charge in [0.05, 0.1) is 16.2 Å². The van der Waals surface area contributed by atoms with E-state index < -0.39 is 24.4 Å². The minimum absolute atomic E-state index is 0.0247. The molecule has 196 valence electrons. The molecule has 38 heavy (non-hydrogen) atoms. The van der Waals surface area contributed by atoms with Crippen LogP contribution >= 0.6 is 11.6 Å². The standard InChI is InChI=1S/C30H31BClNO5/c1-29(2)30(3,4)38-31(37-29)20(15-19-13-14-26(32)27(34)16-19)17-33-28(35)36-18-25-23-11-7-5-9-21(23)22-10-6-8-12-24(22)25/h5-16,25,34H,17-18H2,1-4H3,(H,33,35). The van der Waals surface area contributed by atoms with E-state index in [9.17, 15) is 9.90 Å². The largest absolute Gasteiger partial charge is 0.506 e. The SMILES string of the molecule is CC1(C)OB(C(=Cc2ccc(Cl)c(O)c2)CNC(=O)OCC2c3ccccc3-c3ccccc32)OC1(C)C. The first-order chi connectivity index (χ1) is 18.1. The van der Waals surface area contributed by atoms with Gasteiger partial charge in [0.2, 0.25) is 0 Å². The van der Waals surface area contributed by atoms with Gasteiger partial charge in [-0.15, -0.1) is 0 Å². The molecule has 3 aromatic carbocycles. The molecule has 0 saturated carbocycles. The number of alkyl carbamates (subject to hydrolysis) is 1. The van der Waals surface area contributed by atoms with Gasteiger partial charge in [-0.2, -0.15) is 0 Å². The van der Waals surface area contributed by atoms with Gasteiger partial charge in [-0.3, -0.25) is 0 Å². The molecule has 2 aliphatic rings. The fraction of sp³-hybridized carbons (Fsp3) is 0.300. The Morgan fingerprint density at radius 2 is 1.58 bits per heavy atom. The van der Waals surface area contributed by atoms with Crippen LogP contribution in [0.15, 0.2) is 72.2 Å². The highest BCUT2D eigenvalue weighted by atomic mass is 35.5. The summed E-state index contributed by atoms with van der Waals surface area (Å²) in [6, 6.07) is 21.4. The number of fused-ring (bicyclic) bond motifs is 3. The topological polar surface area (TPSA) is 77.0 Å². The lowest BCUT2D eigenvalue weighted by Crippen LogP contribution is -2.41. The van der Waals surface area contributed by atoms with E-state index in [1.807, 2.05) is 58.0 Å². The van der Waals surface area contributed by atoms with Gasteiger partial charge in [0.25, 0.3) is 0 Å². The fourth-order valence-corrected chi connectivity index (χ4v) is 4.97. The van der Waals surface area contributed by atoms with E-state index in [1.54, 1.807) is 18.2 Å². The Morgan fingerprint density at radius 3 is 2.16 bits per heavy atom. The molecule has 5 rings (SSSR count). The zero-order chi connectivity index (χ0) is 27.1. The predicted octanol–water partition coefficient (Wildman–Crippen LogP) is 6.60. The second kappa shape index (κ2) is 10.1. The van der Waals surface area contributed by atoms with Gasteiger partial charge in [-0.1, -0.05) is 72.3 Å². The third-order valence-corrected chi connectivity index (χ3v) is 7.98. The molecule has 1 heterocycles. The zero-order valence-electron chi connectivity index (χ0n) is 22.0. The molecule has 1 fully saturated rings. The Hall–Kier alpha value is -3.26. The van der Waals surface area contributed by atoms with E-state index in [1.165, 1.54) is 11.1 Å². The lowest BCUT2D eigenvalue weighted by atomic mass is 9.77. The van der Waals surface area contributed by atoms with Gasteiger partial charge in [0, 0.05) is 12.5 Å². The van der Waals surface area contributed by atoms with Gasteiger partial charge in [0.1, 0.15) is 12.4 Å². The molecular formula is C30H31BClNO5. The summed E-state index contributed by atoms with van der Waals surface area (Å²) in [6.07, 6.45) is 1.29. The summed E-state index contributed by atoms with van der Waals surface area (Å²) in [5.74, 6) is -0.0542. The van der Waals surface area contributed by atoms with Crippen molar-refractivity contribution in [1.82, 2.24) is 5.32 Å². The quantitative estimate of drug-likeness (QED) is 0.351. The van der Waals surface area contributed by atoms with Gasteiger partial charge < -0.3 is 24.5 Å². The number of benzene rings is 3. The molecular weight excluding hydrogens is 501 g/mol. The number of carbonyl (C=O) groups excluding carboxylic acids is 1. The first kappa shape index (κ1) is 26.4. The number of phenolic OH excluding ortho intramolecular Hbond substituents is 1. The van der Waals surface area contributed by atoms with Crippen LogP contribution in [0.25, 0.3) is 17.2 Å². The maximum Gasteiger partial charge on any atom is 0.492 e. The van der Waals surface area contributed by atoms with E-state index in [0.29, 0.717) is 11.0 Å². The molecule has 1 aliphatic carbocycles. The molecule has 8 heteroatoms. The first-order valence-electron chi connectivity index (χ1n) is 12.7. The van der Waals surface area contributed by atoms with Crippen LogP contribution in [0.4, 0.5) is 4.79 Å². The zero-order valence-corrected chi connectivity index (χ0v) is 22.7. The number of halogens is 1. The fourth-order valence-electron chi connectivity index (χ4n) is 4.85. The van der Waals surface area contributed by atoms with Crippen molar-refractivity contribution in [2.45, 2.75) is 44.8 Å². The molecule has 0 bridgehead atoms. The third-order valence-electron chi connectivity index (χ3n) is 7.66. The van der Waals surface area contributed by atoms with E-state index in [2.05, 4.69) is 29.6 Å². The minimum Gasteiger partial charge on any atom is -0.506 e. The van der Waals surface area contributed by atoms with Crippen LogP contribution in [-0.4, -0.2) is 42.7 Å². The lowest BCUT2D eigenvalue weighted by Gasteiger charge is -2.32. The van der Waals surface area contributed by atoms with Crippen molar-refractivity contribution in [2.75, 3.05) is 13.2 Å². The number of nitrogens with one attached hydrogen (secondary N) is 1. The molecule has 6 nitrogen and oxygen atoms in total. The Balaban J connectivity index is 1.30. The molecule has 0 atom stereocenters. The summed E-state index contributed by atoms with van der Waals surface area (Å²) >= 11 is 5.98. The smallest absolute Gasteiger partial charge is 0.492 e. The molecule has 1 amide bonds. The summed E-state index contributed by atoms with van der Waals surface area (Å²) in [6.45, 7) is 8.24. The molecule has 2 N–H and O–H groups in total. The van der Waals surface area contributed by atoms with Crippen LogP contribution in [0.5, 0.6) is 5.75 Å². The number of hydrogen-bond donors (Lipinski definition) is 2. The summed E-state index contributed by atoms with van der Waals surface area (Å²) in [5.41, 5.74) is 4.93. The van der Waals surface area contributed by atoms with Gasteiger partial charge in [-0.05, 0) is 73.1 Å². The van der Waals surface area contributed by atoms with Gasteiger partial charge in [-0.25, -0.2) is 4.79 Å². The normalized spacial score (nSPS) is 17.7. The summed E-state index contributed by atoms with van der Waals surface area (Å²) < 4.78 is 18.2. The monoisotopic (exact) mass is 531 g/mol. The molecule has 0 aromatic heterocycles. The molecule has 0 spiro atoms. The van der Waals surface area contributed by atoms with Crippen molar-refractivity contribution in [2.24, 2.45) is 0 Å². The van der Waals surface area contributed by atoms with E-state index in [4.69, 9.17) is 25.6 Å². The lowest BCUT2D eigenvalue weighted by molar-refractivity contribution is 0.00578. The summed E-state index contributed by atoms with van der Waals surface area (Å²) in [4.78, 5) is 12.8. The second-order valence-electron chi connectivity index (χ2n) is 10.7. The number of aromatic hydroxyl groups is 1. The Morgan fingerprint density at radius 1 is 1.00 bits per heavy atom. The maximum absolute atomic E-state index is 12.8. The second-order valence-corrected chi connectivity index (χ2v) is 11.1. The predicted molar refractivity (Wildman–Crippen MR) is 150 cm³/mol. The molecule has 0 unspecified atom stereocenters. The van der Waals surface area contributed by atoms with Crippen molar-refractivity contribution in [1.29, 1.82) is 0 Å². The van der Waals surface area contributed by atoms with Crippen molar-refractivity contribution >= 4 is 30.9 Å². The van der Waals surface area contributed by atoms with Gasteiger partial charge in [0.15, 0.2) is 0 Å². The molecule has 1 saturated heterocycles. The van der Waals surface area contributed by atoms with Crippen molar-refractivity contribution in [3.63, 3.8) is 0 Å². The summed E-state index contributed by atoms with van der Waals surface area (Å²) in [7, 11) is -0.688. The highest BCUT2D eigenvalue weighted by Crippen LogP contribution is 2.44. The number of amides is 1. The van der Waals surface area contributed by atoms with E-state index in [-0.39, 0.29) is 29.8 Å². The number of phenols is 1. The number of rotatable bonds is 6. The molecule has 1 aliphatic heterocycles. The molecule has 3 aromatic rings. The van der Waals surface area contributed by atoms with Crippen LogP contribution in [0.2, 0.25) is 5.02 Å². The maximum atomic E-state index is 12.8. The van der Waals surface area contributed by atoms with Crippen molar-refractivity contribution < 1.29 is 23.9 Å². The van der Waals surface area contributed by atoms with Crippen LogP contribution in [0.1, 0.15) is 50.3 Å². The number of carbonyl (C=O) groups is 1. The van der Waals surface area contributed by atoms with Crippen molar-refractivity contribution in [3.8, 4) is 16.9 Å². The number of hydrogen-bond acceptors (Lipinski definition) is 5. The Kier molecular flexibility index (Phi) is 7.03. The van der Waals surface area contributed by atoms with Crippen LogP contribution in [-0.2, 0) is 14.0 Å². The van der Waals surface area contributed by atoms with E-state index >= 15 is 0 Å². The van der Waals surface area contributed by atoms with Crippen LogP contribution in [0, 0.1) is 0 Å². The van der Waals surface area contributed by atoms with E-state index in [0.717, 1.165) is 11.1 Å². The number of ether oxygens (including phenoxy) is 1. The highest BCUT2D eigenvalue weighted by molar-refractivity contribution is 6.56. The average Bonchev–Trinajstić information content (AvgIpc) is 3.31. The summed E-state index contributed by atoms with van der Waals surface area (Å²) in [5, 5.41) is 13.2. The van der Waals surface area contributed by atoms with Gasteiger partial charge >= 0.3 is 13.2 Å².